The first-order valence-electron chi connectivity index (χ1n) is 12.9. The van der Waals surface area contributed by atoms with E-state index in [9.17, 15) is 21.6 Å². The molecule has 3 aromatic rings. The minimum atomic E-state index is -4.44. The molecule has 0 bridgehead atoms. The van der Waals surface area contributed by atoms with Gasteiger partial charge in [-0.15, -0.1) is 0 Å². The summed E-state index contributed by atoms with van der Waals surface area (Å²) in [5.74, 6) is -1.28. The van der Waals surface area contributed by atoms with Gasteiger partial charge in [0.1, 0.15) is 34.7 Å². The minimum absolute atomic E-state index is 0.0281. The molecule has 1 saturated carbocycles. The third-order valence-corrected chi connectivity index (χ3v) is 8.76. The number of ether oxygens (including phenoxy) is 1. The number of nitrogens with zero attached hydrogens (tertiary/aromatic N) is 3. The van der Waals surface area contributed by atoms with Crippen molar-refractivity contribution in [1.82, 2.24) is 20.2 Å². The molecule has 1 heterocycles. The van der Waals surface area contributed by atoms with Gasteiger partial charge < -0.3 is 10.1 Å². The zero-order valence-corrected chi connectivity index (χ0v) is 23.9. The van der Waals surface area contributed by atoms with Crippen LogP contribution in [0, 0.1) is 5.82 Å². The SMILES string of the molecule is CNCCN(C)[C@H]1C[C@@H](c2cccc(C(F)(F)F)c2)CC[C@@H]1Oc1cc(F)c(S(=O)(=O)Nc2ccncn2)cc1Cl. The number of hydrogen-bond donors (Lipinski definition) is 2. The van der Waals surface area contributed by atoms with Crippen molar-refractivity contribution < 1.29 is 30.7 Å². The molecular formula is C27H30ClF4N5O3S. The Balaban J connectivity index is 1.56. The summed E-state index contributed by atoms with van der Waals surface area (Å²) in [4.78, 5) is 8.86. The first-order chi connectivity index (χ1) is 19.4. The standard InChI is InChI=1S/C27H30ClF4N5O3S/c1-33-10-11-37(2)22-13-18(17-4-3-5-19(12-17)27(30,31)32)6-7-23(22)40-24-15-21(29)25(14-20(24)28)41(38,39)36-26-8-9-34-16-35-26/h3-5,8-9,12,14-16,18,22-23,33H,6-7,10-11,13H2,1-2H3,(H,34,35,36)/t18-,22-,23-/m0/s1. The molecule has 0 unspecified atom stereocenters. The van der Waals surface area contributed by atoms with Crippen LogP contribution in [0.2, 0.25) is 5.02 Å². The lowest BCUT2D eigenvalue weighted by Gasteiger charge is -2.41. The van der Waals surface area contributed by atoms with Crippen LogP contribution in [0.4, 0.5) is 23.4 Å². The maximum atomic E-state index is 15.1. The zero-order valence-electron chi connectivity index (χ0n) is 22.3. The summed E-state index contributed by atoms with van der Waals surface area (Å²) in [5, 5.41) is 2.97. The fourth-order valence-corrected chi connectivity index (χ4v) is 6.33. The molecular weight excluding hydrogens is 586 g/mol. The molecule has 0 saturated heterocycles. The zero-order chi connectivity index (χ0) is 29.8. The van der Waals surface area contributed by atoms with Crippen molar-refractivity contribution in [1.29, 1.82) is 0 Å². The van der Waals surface area contributed by atoms with E-state index in [2.05, 4.69) is 24.9 Å². The molecule has 0 aliphatic heterocycles. The molecule has 4 rings (SSSR count). The Morgan fingerprint density at radius 1 is 1.17 bits per heavy atom. The molecule has 3 atom stereocenters. The largest absolute Gasteiger partial charge is 0.487 e. The fourth-order valence-electron chi connectivity index (χ4n) is 4.96. The van der Waals surface area contributed by atoms with E-state index in [-0.39, 0.29) is 28.5 Å². The molecule has 1 aromatic heterocycles. The van der Waals surface area contributed by atoms with Crippen LogP contribution in [0.15, 0.2) is 59.9 Å². The van der Waals surface area contributed by atoms with Crippen LogP contribution in [0.5, 0.6) is 5.75 Å². The lowest BCUT2D eigenvalue weighted by Crippen LogP contribution is -2.49. The number of rotatable bonds is 10. The van der Waals surface area contributed by atoms with Crippen LogP contribution in [-0.2, 0) is 16.2 Å². The van der Waals surface area contributed by atoms with Crippen molar-refractivity contribution in [2.75, 3.05) is 31.9 Å². The number of nitrogens with one attached hydrogen (secondary N) is 2. The second-order valence-electron chi connectivity index (χ2n) is 9.85. The van der Waals surface area contributed by atoms with Crippen molar-refractivity contribution in [3.8, 4) is 5.75 Å². The highest BCUT2D eigenvalue weighted by molar-refractivity contribution is 7.92. The van der Waals surface area contributed by atoms with Crippen LogP contribution in [0.3, 0.4) is 0 Å². The van der Waals surface area contributed by atoms with Crippen molar-refractivity contribution in [2.45, 2.75) is 48.4 Å². The number of halogens is 5. The average Bonchev–Trinajstić information content (AvgIpc) is 2.93. The van der Waals surface area contributed by atoms with Crippen LogP contribution >= 0.6 is 11.6 Å². The quantitative estimate of drug-likeness (QED) is 0.298. The Hall–Kier alpha value is -3.00. The summed E-state index contributed by atoms with van der Waals surface area (Å²) in [7, 11) is -0.650. The number of anilines is 1. The van der Waals surface area contributed by atoms with E-state index in [1.807, 2.05) is 14.1 Å². The van der Waals surface area contributed by atoms with E-state index in [1.54, 1.807) is 6.07 Å². The first kappa shape index (κ1) is 30.9. The van der Waals surface area contributed by atoms with E-state index in [0.29, 0.717) is 37.9 Å². The molecule has 2 aromatic carbocycles. The van der Waals surface area contributed by atoms with Crippen LogP contribution < -0.4 is 14.8 Å². The highest BCUT2D eigenvalue weighted by atomic mass is 35.5. The summed E-state index contributed by atoms with van der Waals surface area (Å²) >= 11 is 6.39. The molecule has 2 N–H and O–H groups in total. The molecule has 1 aliphatic carbocycles. The number of hydrogen-bond acceptors (Lipinski definition) is 7. The second kappa shape index (κ2) is 12.9. The normalized spacial score (nSPS) is 19.8. The monoisotopic (exact) mass is 615 g/mol. The van der Waals surface area contributed by atoms with Crippen LogP contribution in [-0.4, -0.2) is 62.6 Å². The summed E-state index contributed by atoms with van der Waals surface area (Å²) in [6, 6.07) is 8.35. The molecule has 14 heteroatoms. The van der Waals surface area contributed by atoms with Crippen molar-refractivity contribution in [2.24, 2.45) is 0 Å². The maximum absolute atomic E-state index is 15.1. The third-order valence-electron chi connectivity index (χ3n) is 7.10. The molecule has 222 valence electrons. The van der Waals surface area contributed by atoms with Crippen molar-refractivity contribution in [3.05, 3.63) is 77.0 Å². The number of aromatic nitrogens is 2. The van der Waals surface area contributed by atoms with Gasteiger partial charge in [-0.05, 0) is 63.0 Å². The predicted molar refractivity (Wildman–Crippen MR) is 147 cm³/mol. The first-order valence-corrected chi connectivity index (χ1v) is 14.7. The Bertz CT molecular complexity index is 1450. The Kier molecular flexibility index (Phi) is 9.73. The van der Waals surface area contributed by atoms with Crippen LogP contribution in [0.25, 0.3) is 0 Å². The Morgan fingerprint density at radius 2 is 1.95 bits per heavy atom. The predicted octanol–water partition coefficient (Wildman–Crippen LogP) is 5.32. The lowest BCUT2D eigenvalue weighted by molar-refractivity contribution is -0.137. The molecule has 8 nitrogen and oxygen atoms in total. The van der Waals surface area contributed by atoms with Crippen molar-refractivity contribution >= 4 is 27.4 Å². The minimum Gasteiger partial charge on any atom is -0.487 e. The molecule has 0 amide bonds. The van der Waals surface area contributed by atoms with Crippen molar-refractivity contribution in [3.63, 3.8) is 0 Å². The third kappa shape index (κ3) is 7.64. The molecule has 41 heavy (non-hydrogen) atoms. The van der Waals surface area contributed by atoms with Gasteiger partial charge in [0.05, 0.1) is 10.6 Å². The fraction of sp³-hybridized carbons (Fsp3) is 0.407. The van der Waals surface area contributed by atoms with Gasteiger partial charge in [0.25, 0.3) is 10.0 Å². The summed E-state index contributed by atoms with van der Waals surface area (Å²) in [6.45, 7) is 1.29. The van der Waals surface area contributed by atoms with Gasteiger partial charge in [-0.3, -0.25) is 9.62 Å². The van der Waals surface area contributed by atoms with Gasteiger partial charge >= 0.3 is 6.18 Å². The highest BCUT2D eigenvalue weighted by Gasteiger charge is 2.37. The number of benzene rings is 2. The summed E-state index contributed by atoms with van der Waals surface area (Å²) < 4.78 is 89.1. The second-order valence-corrected chi connectivity index (χ2v) is 11.9. The molecule has 0 spiro atoms. The molecule has 1 fully saturated rings. The number of likely N-dealkylation sites (N-methyl/N-ethyl adjacent to an activating group) is 2. The van der Waals surface area contributed by atoms with Gasteiger partial charge in [0.2, 0.25) is 0 Å². The van der Waals surface area contributed by atoms with Gasteiger partial charge in [-0.25, -0.2) is 22.8 Å². The average molecular weight is 616 g/mol. The van der Waals surface area contributed by atoms with Gasteiger partial charge in [-0.2, -0.15) is 13.2 Å². The van der Waals surface area contributed by atoms with E-state index in [1.165, 1.54) is 24.4 Å². The van der Waals surface area contributed by atoms with Gasteiger partial charge in [-0.1, -0.05) is 29.8 Å². The Labute approximate surface area is 241 Å². The summed E-state index contributed by atoms with van der Waals surface area (Å²) in [6.07, 6.45) is -0.940. The van der Waals surface area contributed by atoms with Gasteiger partial charge in [0, 0.05) is 31.4 Å². The lowest BCUT2D eigenvalue weighted by atomic mass is 9.79. The van der Waals surface area contributed by atoms with E-state index in [4.69, 9.17) is 16.3 Å². The van der Waals surface area contributed by atoms with E-state index in [0.717, 1.165) is 24.5 Å². The number of sulfonamides is 1. The summed E-state index contributed by atoms with van der Waals surface area (Å²) in [5.41, 5.74) is -0.0972. The molecule has 1 aliphatic rings. The van der Waals surface area contributed by atoms with E-state index >= 15 is 4.39 Å². The van der Waals surface area contributed by atoms with Gasteiger partial charge in [0.15, 0.2) is 0 Å². The maximum Gasteiger partial charge on any atom is 0.416 e. The van der Waals surface area contributed by atoms with E-state index < -0.39 is 38.6 Å². The Morgan fingerprint density at radius 3 is 2.63 bits per heavy atom. The molecule has 0 radical (unpaired) electrons. The smallest absolute Gasteiger partial charge is 0.416 e. The number of alkyl halides is 3. The van der Waals surface area contributed by atoms with Crippen LogP contribution in [0.1, 0.15) is 36.3 Å². The topological polar surface area (TPSA) is 96.5 Å². The highest BCUT2D eigenvalue weighted by Crippen LogP contribution is 2.40.